The van der Waals surface area contributed by atoms with Gasteiger partial charge in [0.05, 0.1) is 25.3 Å². The van der Waals surface area contributed by atoms with Gasteiger partial charge < -0.3 is 24.4 Å². The molecular weight excluding hydrogens is 370 g/mol. The van der Waals surface area contributed by atoms with Crippen molar-refractivity contribution >= 4 is 29.7 Å². The van der Waals surface area contributed by atoms with Gasteiger partial charge in [0, 0.05) is 6.20 Å². The largest absolute Gasteiger partial charge is 0.514 e. The van der Waals surface area contributed by atoms with Gasteiger partial charge in [-0.2, -0.15) is 4.99 Å². The SMILES string of the molecule is CCOC(=O)CNC1=C(OC(=O)OCC)C(=O)CC12C(=O)N=C1C=CC=CN12. The monoisotopic (exact) mass is 389 g/mol. The Morgan fingerprint density at radius 3 is 2.68 bits per heavy atom. The number of amidine groups is 1. The lowest BCUT2D eigenvalue weighted by Crippen LogP contribution is -2.53. The van der Waals surface area contributed by atoms with Gasteiger partial charge in [-0.25, -0.2) is 4.79 Å². The fourth-order valence-corrected chi connectivity index (χ4v) is 3.20. The first kappa shape index (κ1) is 19.3. The summed E-state index contributed by atoms with van der Waals surface area (Å²) < 4.78 is 14.7. The first-order chi connectivity index (χ1) is 13.4. The van der Waals surface area contributed by atoms with Crippen molar-refractivity contribution in [2.45, 2.75) is 25.8 Å². The maximum Gasteiger partial charge on any atom is 0.514 e. The lowest BCUT2D eigenvalue weighted by Gasteiger charge is -2.34. The van der Waals surface area contributed by atoms with Crippen LogP contribution in [0.2, 0.25) is 0 Å². The average Bonchev–Trinajstić information content (AvgIpc) is 3.09. The molecule has 0 aromatic carbocycles. The van der Waals surface area contributed by atoms with E-state index in [2.05, 4.69) is 10.3 Å². The van der Waals surface area contributed by atoms with E-state index in [1.54, 1.807) is 38.3 Å². The van der Waals surface area contributed by atoms with Gasteiger partial charge in [-0.3, -0.25) is 14.4 Å². The van der Waals surface area contributed by atoms with Crippen LogP contribution in [0.5, 0.6) is 0 Å². The summed E-state index contributed by atoms with van der Waals surface area (Å²) in [6.07, 6.45) is 5.19. The molecule has 0 saturated heterocycles. The number of nitrogens with one attached hydrogen (secondary N) is 1. The molecule has 148 valence electrons. The van der Waals surface area contributed by atoms with Gasteiger partial charge >= 0.3 is 12.1 Å². The fourth-order valence-electron chi connectivity index (χ4n) is 3.20. The number of carbonyl (C=O) groups is 4. The Morgan fingerprint density at radius 1 is 1.21 bits per heavy atom. The molecule has 0 saturated carbocycles. The standard InChI is InChI=1S/C18H19N3O7/c1-3-26-13(23)10-19-15-14(28-17(25)27-4-2)11(22)9-18(15)16(24)20-12-7-5-6-8-21(12)18/h5-8,19H,3-4,9-10H2,1-2H3. The Balaban J connectivity index is 2.00. The van der Waals surface area contributed by atoms with Crippen LogP contribution >= 0.6 is 0 Å². The van der Waals surface area contributed by atoms with Crippen molar-refractivity contribution in [1.29, 1.82) is 0 Å². The van der Waals surface area contributed by atoms with Crippen molar-refractivity contribution < 1.29 is 33.4 Å². The summed E-state index contributed by atoms with van der Waals surface area (Å²) in [7, 11) is 0. The number of ether oxygens (including phenoxy) is 3. The Morgan fingerprint density at radius 2 is 1.96 bits per heavy atom. The van der Waals surface area contributed by atoms with E-state index in [-0.39, 0.29) is 37.6 Å². The van der Waals surface area contributed by atoms with E-state index in [1.807, 2.05) is 0 Å². The second-order valence-corrected chi connectivity index (χ2v) is 5.95. The molecule has 1 amide bonds. The maximum atomic E-state index is 12.8. The molecule has 28 heavy (non-hydrogen) atoms. The predicted molar refractivity (Wildman–Crippen MR) is 94.7 cm³/mol. The number of aliphatic imine (C=N–C) groups is 1. The number of hydrogen-bond donors (Lipinski definition) is 1. The predicted octanol–water partition coefficient (Wildman–Crippen LogP) is 0.560. The van der Waals surface area contributed by atoms with Crippen LogP contribution in [0.3, 0.4) is 0 Å². The van der Waals surface area contributed by atoms with Crippen LogP contribution in [0.25, 0.3) is 0 Å². The molecule has 2 heterocycles. The van der Waals surface area contributed by atoms with Crippen molar-refractivity contribution in [2.24, 2.45) is 4.99 Å². The molecule has 3 rings (SSSR count). The molecule has 0 bridgehead atoms. The molecule has 0 fully saturated rings. The second-order valence-electron chi connectivity index (χ2n) is 5.95. The fraction of sp³-hybridized carbons (Fsp3) is 0.389. The summed E-state index contributed by atoms with van der Waals surface area (Å²) in [5.74, 6) is -1.84. The van der Waals surface area contributed by atoms with Gasteiger partial charge in [0.1, 0.15) is 12.4 Å². The van der Waals surface area contributed by atoms with Crippen LogP contribution in [0.15, 0.2) is 40.9 Å². The number of amides is 1. The van der Waals surface area contributed by atoms with E-state index in [0.717, 1.165) is 0 Å². The first-order valence-electron chi connectivity index (χ1n) is 8.73. The molecule has 3 aliphatic rings. The smallest absolute Gasteiger partial charge is 0.465 e. The highest BCUT2D eigenvalue weighted by Crippen LogP contribution is 2.43. The molecule has 1 unspecified atom stereocenters. The van der Waals surface area contributed by atoms with Crippen LogP contribution in [0.4, 0.5) is 4.79 Å². The van der Waals surface area contributed by atoms with E-state index in [4.69, 9.17) is 14.2 Å². The number of hydrogen-bond acceptors (Lipinski definition) is 9. The van der Waals surface area contributed by atoms with Crippen molar-refractivity contribution in [3.63, 3.8) is 0 Å². The molecule has 1 N–H and O–H groups in total. The number of nitrogens with zero attached hydrogens (tertiary/aromatic N) is 2. The van der Waals surface area contributed by atoms with Crippen LogP contribution in [0.1, 0.15) is 20.3 Å². The molecule has 1 spiro atoms. The minimum atomic E-state index is -1.55. The second kappa shape index (κ2) is 7.67. The van der Waals surface area contributed by atoms with Crippen LogP contribution in [0, 0.1) is 0 Å². The van der Waals surface area contributed by atoms with Gasteiger partial charge in [-0.1, -0.05) is 6.08 Å². The van der Waals surface area contributed by atoms with Crippen molar-refractivity contribution in [3.05, 3.63) is 35.9 Å². The van der Waals surface area contributed by atoms with Crippen molar-refractivity contribution in [3.8, 4) is 0 Å². The topological polar surface area (TPSA) is 124 Å². The Labute approximate surface area is 160 Å². The summed E-state index contributed by atoms with van der Waals surface area (Å²) in [6, 6.07) is 0. The number of fused-ring (bicyclic) bond motifs is 2. The summed E-state index contributed by atoms with van der Waals surface area (Å²) >= 11 is 0. The molecule has 1 atom stereocenters. The van der Waals surface area contributed by atoms with Crippen LogP contribution < -0.4 is 5.32 Å². The number of allylic oxidation sites excluding steroid dienone is 3. The average molecular weight is 389 g/mol. The minimum Gasteiger partial charge on any atom is -0.465 e. The molecule has 1 aliphatic carbocycles. The third-order valence-corrected chi connectivity index (χ3v) is 4.29. The van der Waals surface area contributed by atoms with Gasteiger partial charge in [-0.15, -0.1) is 0 Å². The number of Topliss-reactive ketones (excluding diaryl/α,β-unsaturated/α-hetero) is 1. The highest BCUT2D eigenvalue weighted by atomic mass is 16.7. The lowest BCUT2D eigenvalue weighted by molar-refractivity contribution is -0.142. The minimum absolute atomic E-state index is 0.0256. The van der Waals surface area contributed by atoms with E-state index in [9.17, 15) is 19.2 Å². The molecule has 2 aliphatic heterocycles. The maximum absolute atomic E-state index is 12.8. The van der Waals surface area contributed by atoms with Crippen LogP contribution in [-0.4, -0.2) is 59.8 Å². The molecule has 10 nitrogen and oxygen atoms in total. The van der Waals surface area contributed by atoms with Crippen LogP contribution in [-0.2, 0) is 28.6 Å². The zero-order valence-electron chi connectivity index (χ0n) is 15.4. The zero-order chi connectivity index (χ0) is 20.3. The van der Waals surface area contributed by atoms with E-state index in [1.165, 1.54) is 4.90 Å². The molecular formula is C18H19N3O7. The Hall–Kier alpha value is -3.43. The van der Waals surface area contributed by atoms with Crippen molar-refractivity contribution in [1.82, 2.24) is 10.2 Å². The highest BCUT2D eigenvalue weighted by Gasteiger charge is 2.60. The van der Waals surface area contributed by atoms with Gasteiger partial charge in [0.2, 0.25) is 5.78 Å². The summed E-state index contributed by atoms with van der Waals surface area (Å²) in [6.45, 7) is 3.12. The summed E-state index contributed by atoms with van der Waals surface area (Å²) in [5.41, 5.74) is -1.58. The first-order valence-corrected chi connectivity index (χ1v) is 8.73. The molecule has 0 aromatic rings. The Bertz CT molecular complexity index is 855. The number of ketones is 1. The van der Waals surface area contributed by atoms with E-state index < -0.39 is 29.4 Å². The quantitative estimate of drug-likeness (QED) is 0.649. The van der Waals surface area contributed by atoms with Gasteiger partial charge in [-0.05, 0) is 26.0 Å². The third kappa shape index (κ3) is 3.17. The van der Waals surface area contributed by atoms with Crippen molar-refractivity contribution in [2.75, 3.05) is 19.8 Å². The zero-order valence-corrected chi connectivity index (χ0v) is 15.4. The highest BCUT2D eigenvalue weighted by molar-refractivity contribution is 6.18. The number of rotatable bonds is 6. The van der Waals surface area contributed by atoms with Gasteiger partial charge in [0.25, 0.3) is 5.91 Å². The normalized spacial score (nSPS) is 22.5. The lowest BCUT2D eigenvalue weighted by atomic mass is 9.93. The molecule has 0 radical (unpaired) electrons. The molecule has 0 aromatic heterocycles. The molecule has 10 heteroatoms. The van der Waals surface area contributed by atoms with E-state index in [0.29, 0.717) is 5.84 Å². The number of esters is 1. The number of carbonyl (C=O) groups excluding carboxylic acids is 4. The third-order valence-electron chi connectivity index (χ3n) is 4.29. The summed E-state index contributed by atoms with van der Waals surface area (Å²) in [5, 5.41) is 2.75. The van der Waals surface area contributed by atoms with E-state index >= 15 is 0 Å². The van der Waals surface area contributed by atoms with Gasteiger partial charge in [0.15, 0.2) is 11.3 Å². The summed E-state index contributed by atoms with van der Waals surface area (Å²) in [4.78, 5) is 54.6. The Kier molecular flexibility index (Phi) is 5.30.